The molecule has 1 amide bonds. The topological polar surface area (TPSA) is 45.2 Å². The molecule has 0 unspecified atom stereocenters. The molecule has 4 heteroatoms. The van der Waals surface area contributed by atoms with Crippen molar-refractivity contribution in [2.24, 2.45) is 0 Å². The number of carbonyl (C=O) groups excluding carboxylic acids is 1. The molecule has 0 spiro atoms. The molecular formula is C14H21N3O. The number of amides is 1. The number of likely N-dealkylation sites (tertiary alicyclic amines) is 1. The lowest BCUT2D eigenvalue weighted by Crippen LogP contribution is -2.25. The lowest BCUT2D eigenvalue weighted by molar-refractivity contribution is 0.0948. The minimum Gasteiger partial charge on any atom is -0.351 e. The Morgan fingerprint density at radius 3 is 3.11 bits per heavy atom. The van der Waals surface area contributed by atoms with Crippen LogP contribution in [0.25, 0.3) is 0 Å². The number of nitrogens with zero attached hydrogens (tertiary/aromatic N) is 2. The summed E-state index contributed by atoms with van der Waals surface area (Å²) in [6, 6.07) is 4.38. The van der Waals surface area contributed by atoms with Crippen LogP contribution in [0.4, 0.5) is 0 Å². The molecule has 1 atom stereocenters. The molecule has 4 nitrogen and oxygen atoms in total. The summed E-state index contributed by atoms with van der Waals surface area (Å²) in [6.07, 6.45) is 5.07. The third kappa shape index (κ3) is 2.88. The molecule has 1 aliphatic heterocycles. The van der Waals surface area contributed by atoms with Gasteiger partial charge < -0.3 is 5.32 Å². The first kappa shape index (κ1) is 13.0. The molecule has 18 heavy (non-hydrogen) atoms. The van der Waals surface area contributed by atoms with E-state index < -0.39 is 0 Å². The van der Waals surface area contributed by atoms with E-state index in [1.54, 1.807) is 6.20 Å². The van der Waals surface area contributed by atoms with Crippen molar-refractivity contribution in [2.45, 2.75) is 32.2 Å². The van der Waals surface area contributed by atoms with E-state index in [0.717, 1.165) is 19.4 Å². The second kappa shape index (κ2) is 5.96. The minimum atomic E-state index is -0.0700. The van der Waals surface area contributed by atoms with Gasteiger partial charge in [-0.1, -0.05) is 6.92 Å². The molecule has 1 fully saturated rings. The van der Waals surface area contributed by atoms with Crippen molar-refractivity contribution in [1.29, 1.82) is 0 Å². The van der Waals surface area contributed by atoms with Gasteiger partial charge in [0.25, 0.3) is 5.91 Å². The Labute approximate surface area is 108 Å². The normalized spacial score (nSPS) is 20.0. The summed E-state index contributed by atoms with van der Waals surface area (Å²) in [5, 5.41) is 2.86. The van der Waals surface area contributed by atoms with Crippen molar-refractivity contribution in [3.63, 3.8) is 0 Å². The van der Waals surface area contributed by atoms with Crippen LogP contribution < -0.4 is 5.32 Å². The van der Waals surface area contributed by atoms with Gasteiger partial charge in [-0.2, -0.15) is 0 Å². The zero-order valence-electron chi connectivity index (χ0n) is 11.1. The molecule has 1 N–H and O–H groups in total. The number of hydrogen-bond acceptors (Lipinski definition) is 3. The molecule has 1 aromatic rings. The average molecular weight is 247 g/mol. The first-order chi connectivity index (χ1) is 8.72. The van der Waals surface area contributed by atoms with Crippen LogP contribution in [-0.2, 0) is 0 Å². The van der Waals surface area contributed by atoms with Crippen LogP contribution in [0.3, 0.4) is 0 Å². The highest BCUT2D eigenvalue weighted by atomic mass is 16.1. The molecule has 1 aromatic heterocycles. The van der Waals surface area contributed by atoms with Crippen molar-refractivity contribution in [2.75, 3.05) is 20.1 Å². The first-order valence-electron chi connectivity index (χ1n) is 6.66. The molecule has 0 saturated carbocycles. The van der Waals surface area contributed by atoms with E-state index in [9.17, 15) is 4.79 Å². The van der Waals surface area contributed by atoms with Crippen LogP contribution >= 0.6 is 0 Å². The lowest BCUT2D eigenvalue weighted by atomic mass is 10.1. The summed E-state index contributed by atoms with van der Waals surface area (Å²) in [4.78, 5) is 18.4. The van der Waals surface area contributed by atoms with E-state index in [-0.39, 0.29) is 5.91 Å². The van der Waals surface area contributed by atoms with Gasteiger partial charge in [0, 0.05) is 18.8 Å². The predicted octanol–water partition coefficient (Wildman–Crippen LogP) is 1.99. The van der Waals surface area contributed by atoms with Gasteiger partial charge in [0.05, 0.1) is 0 Å². The maximum absolute atomic E-state index is 11.9. The summed E-state index contributed by atoms with van der Waals surface area (Å²) in [5.74, 6) is -0.0700. The van der Waals surface area contributed by atoms with Gasteiger partial charge in [-0.3, -0.25) is 14.7 Å². The fourth-order valence-corrected chi connectivity index (χ4v) is 2.44. The van der Waals surface area contributed by atoms with Gasteiger partial charge in [-0.15, -0.1) is 0 Å². The largest absolute Gasteiger partial charge is 0.351 e. The number of rotatable bonds is 4. The van der Waals surface area contributed by atoms with Gasteiger partial charge in [0.1, 0.15) is 5.69 Å². The molecule has 0 aliphatic carbocycles. The first-order valence-corrected chi connectivity index (χ1v) is 6.66. The third-order valence-electron chi connectivity index (χ3n) is 3.46. The van der Waals surface area contributed by atoms with Crippen LogP contribution in [0.1, 0.15) is 48.3 Å². The third-order valence-corrected chi connectivity index (χ3v) is 3.46. The number of nitrogens with one attached hydrogen (secondary N) is 1. The summed E-state index contributed by atoms with van der Waals surface area (Å²) in [7, 11) is 2.13. The highest BCUT2D eigenvalue weighted by molar-refractivity contribution is 5.92. The van der Waals surface area contributed by atoms with Crippen LogP contribution in [0.5, 0.6) is 0 Å². The number of aromatic nitrogens is 1. The van der Waals surface area contributed by atoms with E-state index >= 15 is 0 Å². The standard InChI is InChI=1S/C14H21N3O/c1-3-7-16-14(18)12-10-11(6-8-15-12)13-5-4-9-17(13)2/h6,8,10,13H,3-5,7,9H2,1-2H3,(H,16,18)/t13-/m0/s1. The van der Waals surface area contributed by atoms with Crippen molar-refractivity contribution in [3.8, 4) is 0 Å². The monoisotopic (exact) mass is 247 g/mol. The summed E-state index contributed by atoms with van der Waals surface area (Å²) in [5.41, 5.74) is 1.73. The zero-order valence-corrected chi connectivity index (χ0v) is 11.1. The summed E-state index contributed by atoms with van der Waals surface area (Å²) < 4.78 is 0. The molecule has 2 heterocycles. The molecule has 0 bridgehead atoms. The van der Waals surface area contributed by atoms with Crippen molar-refractivity contribution in [1.82, 2.24) is 15.2 Å². The van der Waals surface area contributed by atoms with Crippen LogP contribution in [0.2, 0.25) is 0 Å². The number of carbonyl (C=O) groups is 1. The Bertz CT molecular complexity index is 419. The lowest BCUT2D eigenvalue weighted by Gasteiger charge is -2.19. The maximum Gasteiger partial charge on any atom is 0.269 e. The molecule has 1 saturated heterocycles. The van der Waals surface area contributed by atoms with E-state index in [1.165, 1.54) is 12.0 Å². The molecular weight excluding hydrogens is 226 g/mol. The second-order valence-corrected chi connectivity index (χ2v) is 4.87. The summed E-state index contributed by atoms with van der Waals surface area (Å²) in [6.45, 7) is 3.87. The van der Waals surface area contributed by atoms with Crippen LogP contribution in [0, 0.1) is 0 Å². The SMILES string of the molecule is CCCNC(=O)c1cc([C@@H]2CCCN2C)ccn1. The van der Waals surface area contributed by atoms with E-state index in [0.29, 0.717) is 18.3 Å². The van der Waals surface area contributed by atoms with Gasteiger partial charge >= 0.3 is 0 Å². The number of hydrogen-bond donors (Lipinski definition) is 1. The second-order valence-electron chi connectivity index (χ2n) is 4.87. The van der Waals surface area contributed by atoms with Gasteiger partial charge in [0.15, 0.2) is 0 Å². The molecule has 0 aromatic carbocycles. The predicted molar refractivity (Wildman–Crippen MR) is 71.5 cm³/mol. The number of pyridine rings is 1. The average Bonchev–Trinajstić information content (AvgIpc) is 2.82. The molecule has 0 radical (unpaired) electrons. The molecule has 1 aliphatic rings. The quantitative estimate of drug-likeness (QED) is 0.885. The maximum atomic E-state index is 11.9. The zero-order chi connectivity index (χ0) is 13.0. The fourth-order valence-electron chi connectivity index (χ4n) is 2.44. The molecule has 2 rings (SSSR count). The highest BCUT2D eigenvalue weighted by Gasteiger charge is 2.23. The Kier molecular flexibility index (Phi) is 4.31. The fraction of sp³-hybridized carbons (Fsp3) is 0.571. The van der Waals surface area contributed by atoms with Crippen molar-refractivity contribution in [3.05, 3.63) is 29.6 Å². The molecule has 98 valence electrons. The highest BCUT2D eigenvalue weighted by Crippen LogP contribution is 2.30. The van der Waals surface area contributed by atoms with Crippen LogP contribution in [0.15, 0.2) is 18.3 Å². The Morgan fingerprint density at radius 2 is 2.44 bits per heavy atom. The minimum absolute atomic E-state index is 0.0700. The Morgan fingerprint density at radius 1 is 1.61 bits per heavy atom. The smallest absolute Gasteiger partial charge is 0.269 e. The van der Waals surface area contributed by atoms with Gasteiger partial charge in [-0.25, -0.2) is 0 Å². The Hall–Kier alpha value is -1.42. The summed E-state index contributed by atoms with van der Waals surface area (Å²) >= 11 is 0. The van der Waals surface area contributed by atoms with E-state index in [4.69, 9.17) is 0 Å². The van der Waals surface area contributed by atoms with Gasteiger partial charge in [0.2, 0.25) is 0 Å². The van der Waals surface area contributed by atoms with Crippen LogP contribution in [-0.4, -0.2) is 35.9 Å². The van der Waals surface area contributed by atoms with E-state index in [1.807, 2.05) is 19.1 Å². The van der Waals surface area contributed by atoms with Crippen molar-refractivity contribution < 1.29 is 4.79 Å². The van der Waals surface area contributed by atoms with Crippen molar-refractivity contribution >= 4 is 5.91 Å². The van der Waals surface area contributed by atoms with E-state index in [2.05, 4.69) is 22.2 Å². The Balaban J connectivity index is 2.12. The van der Waals surface area contributed by atoms with Gasteiger partial charge in [-0.05, 0) is 50.6 Å².